The van der Waals surface area contributed by atoms with Gasteiger partial charge in [0.25, 0.3) is 0 Å². The van der Waals surface area contributed by atoms with Crippen LogP contribution >= 0.6 is 0 Å². The minimum Gasteiger partial charge on any atom is -0.508 e. The maximum absolute atomic E-state index is 12.1. The number of benzene rings is 1. The fraction of sp³-hybridized carbons (Fsp3) is 0.500. The molecule has 0 radical (unpaired) electrons. The third kappa shape index (κ3) is 3.74. The van der Waals surface area contributed by atoms with E-state index in [-0.39, 0.29) is 18.1 Å². The van der Waals surface area contributed by atoms with Gasteiger partial charge in [-0.2, -0.15) is 0 Å². The molecule has 114 valence electrons. The maximum atomic E-state index is 12.1. The molecular weight excluding hydrogens is 270 g/mol. The Hall–Kier alpha value is -2.04. The van der Waals surface area contributed by atoms with Crippen molar-refractivity contribution in [2.75, 3.05) is 0 Å². The smallest absolute Gasteiger partial charge is 0.329 e. The highest BCUT2D eigenvalue weighted by atomic mass is 16.4. The maximum Gasteiger partial charge on any atom is 0.329 e. The van der Waals surface area contributed by atoms with Gasteiger partial charge in [-0.25, -0.2) is 4.79 Å². The monoisotopic (exact) mass is 291 g/mol. The molecule has 0 spiro atoms. The van der Waals surface area contributed by atoms with Crippen LogP contribution in [-0.4, -0.2) is 27.6 Å². The van der Waals surface area contributed by atoms with Gasteiger partial charge in [-0.05, 0) is 36.5 Å². The summed E-state index contributed by atoms with van der Waals surface area (Å²) in [5, 5.41) is 21.5. The van der Waals surface area contributed by atoms with Gasteiger partial charge >= 0.3 is 5.97 Å². The molecule has 0 bridgehead atoms. The molecule has 1 aliphatic rings. The van der Waals surface area contributed by atoms with Crippen LogP contribution in [0.1, 0.15) is 38.2 Å². The minimum absolute atomic E-state index is 0.115. The quantitative estimate of drug-likeness (QED) is 0.792. The Morgan fingerprint density at radius 2 is 2.00 bits per heavy atom. The molecule has 0 heterocycles. The third-order valence-electron chi connectivity index (χ3n) is 4.09. The molecule has 0 aromatic heterocycles. The van der Waals surface area contributed by atoms with Gasteiger partial charge in [0.05, 0.1) is 6.42 Å². The van der Waals surface area contributed by atoms with Crippen LogP contribution in [-0.2, 0) is 16.0 Å². The number of amides is 1. The Kier molecular flexibility index (Phi) is 4.50. The summed E-state index contributed by atoms with van der Waals surface area (Å²) in [7, 11) is 0. The van der Waals surface area contributed by atoms with Crippen LogP contribution < -0.4 is 5.32 Å². The number of carbonyl (C=O) groups excluding carboxylic acids is 1. The molecule has 2 rings (SSSR count). The molecule has 5 heteroatoms. The summed E-state index contributed by atoms with van der Waals surface area (Å²) in [6.07, 6.45) is 2.89. The average molecular weight is 291 g/mol. The normalized spacial score (nSPS) is 25.3. The van der Waals surface area contributed by atoms with E-state index >= 15 is 0 Å². The molecule has 2 atom stereocenters. The standard InChI is InChI=1S/C16H21NO4/c1-11-3-2-8-16(10-11,15(20)21)17-14(19)9-12-4-6-13(18)7-5-12/h4-7,11,18H,2-3,8-10H2,1H3,(H,17,19)(H,20,21). The van der Waals surface area contributed by atoms with E-state index in [4.69, 9.17) is 0 Å². The number of nitrogens with one attached hydrogen (secondary N) is 1. The van der Waals surface area contributed by atoms with Crippen molar-refractivity contribution in [1.82, 2.24) is 5.32 Å². The predicted octanol–water partition coefficient (Wildman–Crippen LogP) is 2.08. The molecule has 21 heavy (non-hydrogen) atoms. The highest BCUT2D eigenvalue weighted by molar-refractivity contribution is 5.88. The number of hydrogen-bond acceptors (Lipinski definition) is 3. The molecule has 1 saturated carbocycles. The van der Waals surface area contributed by atoms with Crippen LogP contribution in [0.2, 0.25) is 0 Å². The molecular formula is C16H21NO4. The first-order valence-corrected chi connectivity index (χ1v) is 7.23. The number of aromatic hydroxyl groups is 1. The molecule has 2 unspecified atom stereocenters. The first-order valence-electron chi connectivity index (χ1n) is 7.23. The largest absolute Gasteiger partial charge is 0.508 e. The summed E-state index contributed by atoms with van der Waals surface area (Å²) in [5.74, 6) is -0.809. The fourth-order valence-electron chi connectivity index (χ4n) is 3.02. The van der Waals surface area contributed by atoms with E-state index in [0.717, 1.165) is 18.4 Å². The average Bonchev–Trinajstić information content (AvgIpc) is 2.41. The van der Waals surface area contributed by atoms with Crippen LogP contribution in [0.4, 0.5) is 0 Å². The summed E-state index contributed by atoms with van der Waals surface area (Å²) in [5.41, 5.74) is -0.388. The van der Waals surface area contributed by atoms with Gasteiger partial charge in [-0.15, -0.1) is 0 Å². The van der Waals surface area contributed by atoms with Crippen molar-refractivity contribution in [3.05, 3.63) is 29.8 Å². The summed E-state index contributed by atoms with van der Waals surface area (Å²) in [4.78, 5) is 23.8. The first-order chi connectivity index (χ1) is 9.91. The Morgan fingerprint density at radius 3 is 2.57 bits per heavy atom. The van der Waals surface area contributed by atoms with Gasteiger partial charge in [0.1, 0.15) is 11.3 Å². The zero-order chi connectivity index (χ0) is 15.5. The Balaban J connectivity index is 2.05. The van der Waals surface area contributed by atoms with E-state index in [2.05, 4.69) is 5.32 Å². The van der Waals surface area contributed by atoms with Gasteiger partial charge < -0.3 is 15.5 Å². The van der Waals surface area contributed by atoms with Crippen molar-refractivity contribution in [3.8, 4) is 5.75 Å². The molecule has 1 aromatic rings. The summed E-state index contributed by atoms with van der Waals surface area (Å²) in [6, 6.07) is 6.34. The second kappa shape index (κ2) is 6.16. The molecule has 1 aliphatic carbocycles. The van der Waals surface area contributed by atoms with Gasteiger partial charge in [0, 0.05) is 0 Å². The highest BCUT2D eigenvalue weighted by Gasteiger charge is 2.43. The number of rotatable bonds is 4. The van der Waals surface area contributed by atoms with E-state index in [1.807, 2.05) is 6.92 Å². The van der Waals surface area contributed by atoms with E-state index in [0.29, 0.717) is 18.8 Å². The van der Waals surface area contributed by atoms with Crippen molar-refractivity contribution in [3.63, 3.8) is 0 Å². The topological polar surface area (TPSA) is 86.6 Å². The molecule has 1 fully saturated rings. The second-order valence-electron chi connectivity index (χ2n) is 5.98. The molecule has 1 aromatic carbocycles. The van der Waals surface area contributed by atoms with Crippen molar-refractivity contribution < 1.29 is 19.8 Å². The van der Waals surface area contributed by atoms with Crippen LogP contribution in [0.25, 0.3) is 0 Å². The fourth-order valence-corrected chi connectivity index (χ4v) is 3.02. The van der Waals surface area contributed by atoms with Gasteiger partial charge in [0.15, 0.2) is 0 Å². The lowest BCUT2D eigenvalue weighted by molar-refractivity contribution is -0.150. The SMILES string of the molecule is CC1CCCC(NC(=O)Cc2ccc(O)cc2)(C(=O)O)C1. The lowest BCUT2D eigenvalue weighted by Crippen LogP contribution is -2.57. The van der Waals surface area contributed by atoms with Gasteiger partial charge in [0.2, 0.25) is 5.91 Å². The van der Waals surface area contributed by atoms with E-state index in [1.165, 1.54) is 12.1 Å². The number of phenols is 1. The van der Waals surface area contributed by atoms with E-state index < -0.39 is 11.5 Å². The number of carboxylic acid groups (broad SMARTS) is 1. The van der Waals surface area contributed by atoms with Crippen molar-refractivity contribution >= 4 is 11.9 Å². The van der Waals surface area contributed by atoms with Crippen molar-refractivity contribution in [1.29, 1.82) is 0 Å². The minimum atomic E-state index is -1.13. The molecule has 0 saturated heterocycles. The molecule has 3 N–H and O–H groups in total. The number of carbonyl (C=O) groups is 2. The van der Waals surface area contributed by atoms with Crippen LogP contribution in [0.15, 0.2) is 24.3 Å². The zero-order valence-corrected chi connectivity index (χ0v) is 12.1. The number of carboxylic acids is 1. The number of aliphatic carboxylic acids is 1. The van der Waals surface area contributed by atoms with Crippen molar-refractivity contribution in [2.24, 2.45) is 5.92 Å². The lowest BCUT2D eigenvalue weighted by atomic mass is 9.76. The van der Waals surface area contributed by atoms with E-state index in [1.54, 1.807) is 12.1 Å². The summed E-state index contributed by atoms with van der Waals surface area (Å²) in [6.45, 7) is 2.02. The number of phenolic OH excluding ortho intramolecular Hbond substituents is 1. The van der Waals surface area contributed by atoms with E-state index in [9.17, 15) is 19.8 Å². The van der Waals surface area contributed by atoms with Crippen LogP contribution in [0.5, 0.6) is 5.75 Å². The van der Waals surface area contributed by atoms with Crippen LogP contribution in [0.3, 0.4) is 0 Å². The van der Waals surface area contributed by atoms with Gasteiger partial charge in [-0.1, -0.05) is 31.9 Å². The molecule has 5 nitrogen and oxygen atoms in total. The zero-order valence-electron chi connectivity index (χ0n) is 12.1. The van der Waals surface area contributed by atoms with Crippen LogP contribution in [0, 0.1) is 5.92 Å². The lowest BCUT2D eigenvalue weighted by Gasteiger charge is -2.37. The van der Waals surface area contributed by atoms with Crippen molar-refractivity contribution in [2.45, 2.75) is 44.6 Å². The Labute approximate surface area is 124 Å². The summed E-state index contributed by atoms with van der Waals surface area (Å²) >= 11 is 0. The Bertz CT molecular complexity index is 526. The third-order valence-corrected chi connectivity index (χ3v) is 4.09. The predicted molar refractivity (Wildman–Crippen MR) is 78.0 cm³/mol. The summed E-state index contributed by atoms with van der Waals surface area (Å²) < 4.78 is 0. The van der Waals surface area contributed by atoms with Gasteiger partial charge in [-0.3, -0.25) is 4.79 Å². The molecule has 0 aliphatic heterocycles. The first kappa shape index (κ1) is 15.4. The Morgan fingerprint density at radius 1 is 1.33 bits per heavy atom. The number of hydrogen-bond donors (Lipinski definition) is 3. The molecule has 1 amide bonds. The second-order valence-corrected chi connectivity index (χ2v) is 5.98. The highest BCUT2D eigenvalue weighted by Crippen LogP contribution is 2.32.